The zero-order valence-electron chi connectivity index (χ0n) is 10.1. The Hall–Kier alpha value is -0.480. The highest BCUT2D eigenvalue weighted by Gasteiger charge is 2.61. The van der Waals surface area contributed by atoms with E-state index in [4.69, 9.17) is 0 Å². The molecule has 2 atom stereocenters. The number of carboxylic acid groups (broad SMARTS) is 1. The van der Waals surface area contributed by atoms with Gasteiger partial charge in [0, 0.05) is 23.5 Å². The lowest BCUT2D eigenvalue weighted by Gasteiger charge is -2.35. The number of hydrogen-bond acceptors (Lipinski definition) is 2. The predicted octanol–water partition coefficient (Wildman–Crippen LogP) is 1.94. The van der Waals surface area contributed by atoms with E-state index < -0.39 is 6.09 Å². The van der Waals surface area contributed by atoms with Crippen LogP contribution < -0.4 is 5.32 Å². The Labute approximate surface area is 103 Å². The van der Waals surface area contributed by atoms with Gasteiger partial charge in [0.05, 0.1) is 0 Å². The molecule has 0 radical (unpaired) electrons. The third kappa shape index (κ3) is 2.13. The summed E-state index contributed by atoms with van der Waals surface area (Å²) >= 11 is 0. The molecule has 1 aliphatic carbocycles. The first-order chi connectivity index (χ1) is 6.87. The average Bonchev–Trinajstić information content (AvgIpc) is 2.55. The molecule has 16 heavy (non-hydrogen) atoms. The van der Waals surface area contributed by atoms with Crippen molar-refractivity contribution < 1.29 is 9.90 Å². The van der Waals surface area contributed by atoms with Crippen molar-refractivity contribution in [1.29, 1.82) is 0 Å². The smallest absolute Gasteiger partial charge is 0.408 e. The van der Waals surface area contributed by atoms with E-state index in [0.29, 0.717) is 0 Å². The van der Waals surface area contributed by atoms with Gasteiger partial charge in [-0.1, -0.05) is 0 Å². The number of hydrogen-bond donors (Lipinski definition) is 2. The van der Waals surface area contributed by atoms with Gasteiger partial charge in [0.2, 0.25) is 0 Å². The van der Waals surface area contributed by atoms with Crippen LogP contribution in [0.1, 0.15) is 33.6 Å². The van der Waals surface area contributed by atoms with Crippen LogP contribution in [0.2, 0.25) is 0 Å². The summed E-state index contributed by atoms with van der Waals surface area (Å²) in [6, 6.07) is 0.227. The Balaban J connectivity index is 0.00000128. The van der Waals surface area contributed by atoms with Crippen molar-refractivity contribution in [2.45, 2.75) is 45.2 Å². The van der Waals surface area contributed by atoms with E-state index in [-0.39, 0.29) is 29.4 Å². The van der Waals surface area contributed by atoms with Gasteiger partial charge in [-0.3, -0.25) is 4.90 Å². The van der Waals surface area contributed by atoms with Gasteiger partial charge in [-0.05, 0) is 40.2 Å². The maximum Gasteiger partial charge on any atom is 0.408 e. The summed E-state index contributed by atoms with van der Waals surface area (Å²) in [5, 5.41) is 12.6. The van der Waals surface area contributed by atoms with Crippen molar-refractivity contribution in [2.75, 3.05) is 13.1 Å². The standard InChI is InChI=1S/C11H20N2O2.ClH/c1-10(2,3)13(9(14)15)8-6-11(8)4-5-12-7-11;/h8,12H,4-7H2,1-3H3,(H,14,15);1H. The lowest BCUT2D eigenvalue weighted by atomic mass is 10.0. The molecule has 1 heterocycles. The van der Waals surface area contributed by atoms with Gasteiger partial charge in [-0.15, -0.1) is 12.4 Å². The fourth-order valence-corrected chi connectivity index (χ4v) is 2.80. The van der Waals surface area contributed by atoms with E-state index in [9.17, 15) is 9.90 Å². The Morgan fingerprint density at radius 3 is 2.50 bits per heavy atom. The number of carbonyl (C=O) groups is 1. The van der Waals surface area contributed by atoms with E-state index in [1.54, 1.807) is 4.90 Å². The molecule has 2 fully saturated rings. The Morgan fingerprint density at radius 1 is 1.50 bits per heavy atom. The van der Waals surface area contributed by atoms with Crippen LogP contribution in [-0.4, -0.2) is 40.8 Å². The molecule has 0 aromatic rings. The Kier molecular flexibility index (Phi) is 3.46. The summed E-state index contributed by atoms with van der Waals surface area (Å²) in [6.45, 7) is 7.92. The summed E-state index contributed by atoms with van der Waals surface area (Å²) in [7, 11) is 0. The lowest BCUT2D eigenvalue weighted by Crippen LogP contribution is -2.48. The maximum atomic E-state index is 11.3. The second kappa shape index (κ2) is 4.08. The minimum Gasteiger partial charge on any atom is -0.465 e. The van der Waals surface area contributed by atoms with Gasteiger partial charge in [0.1, 0.15) is 0 Å². The van der Waals surface area contributed by atoms with Crippen molar-refractivity contribution >= 4 is 18.5 Å². The number of amides is 1. The molecule has 0 aromatic carbocycles. The molecule has 0 aromatic heterocycles. The van der Waals surface area contributed by atoms with Gasteiger partial charge in [0.25, 0.3) is 0 Å². The number of halogens is 1. The van der Waals surface area contributed by atoms with Crippen LogP contribution in [0.4, 0.5) is 4.79 Å². The fraction of sp³-hybridized carbons (Fsp3) is 0.909. The zero-order valence-corrected chi connectivity index (χ0v) is 10.9. The highest BCUT2D eigenvalue weighted by Crippen LogP contribution is 2.55. The van der Waals surface area contributed by atoms with E-state index in [2.05, 4.69) is 5.32 Å². The first-order valence-electron chi connectivity index (χ1n) is 5.60. The van der Waals surface area contributed by atoms with Crippen molar-refractivity contribution in [3.05, 3.63) is 0 Å². The SMILES string of the molecule is CC(C)(C)N(C(=O)O)C1CC12CCNC2.Cl. The highest BCUT2D eigenvalue weighted by molar-refractivity contribution is 5.85. The van der Waals surface area contributed by atoms with Crippen LogP contribution in [-0.2, 0) is 0 Å². The van der Waals surface area contributed by atoms with Crippen molar-refractivity contribution in [1.82, 2.24) is 10.2 Å². The fourth-order valence-electron chi connectivity index (χ4n) is 2.80. The van der Waals surface area contributed by atoms with Gasteiger partial charge < -0.3 is 10.4 Å². The molecule has 1 aliphatic heterocycles. The van der Waals surface area contributed by atoms with Crippen LogP contribution in [0.15, 0.2) is 0 Å². The first-order valence-corrected chi connectivity index (χ1v) is 5.60. The molecule has 2 aliphatic rings. The normalized spacial score (nSPS) is 32.3. The summed E-state index contributed by atoms with van der Waals surface area (Å²) in [6.07, 6.45) is 1.37. The number of nitrogens with one attached hydrogen (secondary N) is 1. The molecule has 1 spiro atoms. The van der Waals surface area contributed by atoms with Crippen molar-refractivity contribution in [2.24, 2.45) is 5.41 Å². The van der Waals surface area contributed by atoms with Gasteiger partial charge in [0.15, 0.2) is 0 Å². The van der Waals surface area contributed by atoms with E-state index in [0.717, 1.165) is 25.9 Å². The van der Waals surface area contributed by atoms with Crippen LogP contribution in [0, 0.1) is 5.41 Å². The average molecular weight is 249 g/mol. The Morgan fingerprint density at radius 2 is 2.12 bits per heavy atom. The first kappa shape index (κ1) is 13.6. The third-order valence-electron chi connectivity index (χ3n) is 3.66. The summed E-state index contributed by atoms with van der Waals surface area (Å²) in [4.78, 5) is 12.9. The molecule has 2 N–H and O–H groups in total. The van der Waals surface area contributed by atoms with Gasteiger partial charge >= 0.3 is 6.09 Å². The zero-order chi connectivity index (χ0) is 11.3. The topological polar surface area (TPSA) is 52.6 Å². The Bertz CT molecular complexity index is 282. The maximum absolute atomic E-state index is 11.3. The molecule has 1 amide bonds. The molecule has 4 nitrogen and oxygen atoms in total. The van der Waals surface area contributed by atoms with Crippen LogP contribution in [0.3, 0.4) is 0 Å². The summed E-state index contributed by atoms with van der Waals surface area (Å²) in [5.74, 6) is 0. The lowest BCUT2D eigenvalue weighted by molar-refractivity contribution is 0.0861. The largest absolute Gasteiger partial charge is 0.465 e. The molecule has 0 bridgehead atoms. The number of rotatable bonds is 1. The monoisotopic (exact) mass is 248 g/mol. The molecule has 2 unspecified atom stereocenters. The van der Waals surface area contributed by atoms with Crippen LogP contribution in [0.25, 0.3) is 0 Å². The minimum atomic E-state index is -0.781. The van der Waals surface area contributed by atoms with E-state index >= 15 is 0 Å². The molecule has 2 rings (SSSR count). The minimum absolute atomic E-state index is 0. The predicted molar refractivity (Wildman–Crippen MR) is 65.2 cm³/mol. The van der Waals surface area contributed by atoms with Crippen LogP contribution >= 0.6 is 12.4 Å². The molecule has 1 saturated heterocycles. The van der Waals surface area contributed by atoms with Gasteiger partial charge in [-0.2, -0.15) is 0 Å². The highest BCUT2D eigenvalue weighted by atomic mass is 35.5. The van der Waals surface area contributed by atoms with Gasteiger partial charge in [-0.25, -0.2) is 4.79 Å². The quantitative estimate of drug-likeness (QED) is 0.746. The second-order valence-corrected chi connectivity index (χ2v) is 5.83. The van der Waals surface area contributed by atoms with Crippen molar-refractivity contribution in [3.63, 3.8) is 0 Å². The third-order valence-corrected chi connectivity index (χ3v) is 3.66. The van der Waals surface area contributed by atoms with E-state index in [1.165, 1.54) is 0 Å². The molecule has 1 saturated carbocycles. The second-order valence-electron chi connectivity index (χ2n) is 5.83. The van der Waals surface area contributed by atoms with Crippen LogP contribution in [0.5, 0.6) is 0 Å². The summed E-state index contributed by atoms with van der Waals surface area (Å²) in [5.41, 5.74) is -0.0335. The van der Waals surface area contributed by atoms with E-state index in [1.807, 2.05) is 20.8 Å². The molecule has 5 heteroatoms. The molecule has 94 valence electrons. The molecular formula is C11H21ClN2O2. The number of nitrogens with zero attached hydrogens (tertiary/aromatic N) is 1. The summed E-state index contributed by atoms with van der Waals surface area (Å²) < 4.78 is 0. The van der Waals surface area contributed by atoms with Crippen molar-refractivity contribution in [3.8, 4) is 0 Å². The molecular weight excluding hydrogens is 228 g/mol.